The molecule has 172 valence electrons. The summed E-state index contributed by atoms with van der Waals surface area (Å²) in [5.74, 6) is 1.48. The van der Waals surface area contributed by atoms with Crippen molar-refractivity contribution in [3.63, 3.8) is 0 Å². The van der Waals surface area contributed by atoms with Crippen molar-refractivity contribution in [3.8, 4) is 5.75 Å². The first-order chi connectivity index (χ1) is 15.2. The van der Waals surface area contributed by atoms with Gasteiger partial charge in [-0.15, -0.1) is 0 Å². The highest BCUT2D eigenvalue weighted by atomic mass is 16.6. The van der Waals surface area contributed by atoms with E-state index >= 15 is 0 Å². The molecule has 4 rings (SSSR count). The Hall–Kier alpha value is -3.27. The fourth-order valence-corrected chi connectivity index (χ4v) is 3.60. The topological polar surface area (TPSA) is 116 Å². The van der Waals surface area contributed by atoms with Crippen molar-refractivity contribution in [2.45, 2.75) is 26.4 Å². The number of fused-ring (bicyclic) bond motifs is 3. The van der Waals surface area contributed by atoms with Gasteiger partial charge in [0.15, 0.2) is 11.4 Å². The van der Waals surface area contributed by atoms with Crippen LogP contribution in [0.1, 0.15) is 20.8 Å². The summed E-state index contributed by atoms with van der Waals surface area (Å²) in [6, 6.07) is 5.57. The number of nitrogens with two attached hydrogens (primary N) is 1. The van der Waals surface area contributed by atoms with E-state index in [0.29, 0.717) is 67.6 Å². The van der Waals surface area contributed by atoms with E-state index in [1.54, 1.807) is 12.0 Å². The maximum atomic E-state index is 12.4. The summed E-state index contributed by atoms with van der Waals surface area (Å²) in [5, 5.41) is 0.803. The Morgan fingerprint density at radius 3 is 2.59 bits per heavy atom. The molecule has 0 saturated carbocycles. The lowest BCUT2D eigenvalue weighted by Crippen LogP contribution is -2.50. The van der Waals surface area contributed by atoms with Gasteiger partial charge in [0.1, 0.15) is 29.1 Å². The molecule has 1 aliphatic rings. The van der Waals surface area contributed by atoms with Gasteiger partial charge >= 0.3 is 6.09 Å². The van der Waals surface area contributed by atoms with Crippen molar-refractivity contribution in [2.24, 2.45) is 0 Å². The highest BCUT2D eigenvalue weighted by Gasteiger charge is 2.28. The molecule has 0 bridgehead atoms. The second-order valence-electron chi connectivity index (χ2n) is 8.64. The van der Waals surface area contributed by atoms with Gasteiger partial charge in [-0.25, -0.2) is 9.78 Å². The molecule has 10 heteroatoms. The Morgan fingerprint density at radius 1 is 1.16 bits per heavy atom. The first-order valence-corrected chi connectivity index (χ1v) is 10.6. The van der Waals surface area contributed by atoms with Crippen LogP contribution in [0.25, 0.3) is 22.1 Å². The summed E-state index contributed by atoms with van der Waals surface area (Å²) in [5.41, 5.74) is 7.39. The molecule has 3 aromatic rings. The van der Waals surface area contributed by atoms with Gasteiger partial charge < -0.3 is 34.2 Å². The predicted molar refractivity (Wildman–Crippen MR) is 121 cm³/mol. The van der Waals surface area contributed by atoms with Crippen LogP contribution in [0.15, 0.2) is 22.6 Å². The number of piperazine rings is 1. The molecule has 0 radical (unpaired) electrons. The number of carbonyl (C=O) groups is 1. The van der Waals surface area contributed by atoms with Crippen molar-refractivity contribution in [1.82, 2.24) is 14.9 Å². The Morgan fingerprint density at radius 2 is 1.91 bits per heavy atom. The van der Waals surface area contributed by atoms with Gasteiger partial charge in [0.05, 0.1) is 12.0 Å². The highest BCUT2D eigenvalue weighted by molar-refractivity contribution is 6.06. The summed E-state index contributed by atoms with van der Waals surface area (Å²) in [6.45, 7) is 8.70. The Balaban J connectivity index is 1.58. The normalized spacial score (nSPS) is 14.9. The fourth-order valence-electron chi connectivity index (χ4n) is 3.60. The van der Waals surface area contributed by atoms with Crippen molar-refractivity contribution in [1.29, 1.82) is 0 Å². The summed E-state index contributed by atoms with van der Waals surface area (Å²) >= 11 is 0. The number of carbonyl (C=O) groups excluding carboxylic acids is 1. The van der Waals surface area contributed by atoms with Crippen LogP contribution in [0.5, 0.6) is 5.75 Å². The van der Waals surface area contributed by atoms with Crippen LogP contribution >= 0.6 is 0 Å². The molecule has 1 aromatic carbocycles. The van der Waals surface area contributed by atoms with Gasteiger partial charge in [-0.05, 0) is 39.0 Å². The number of rotatable bonds is 5. The number of nitrogen functional groups attached to an aromatic ring is 1. The SMILES string of the molecule is COCCOc1ccc2oc3c(N4CCN(C(=O)OC(C)(C)C)CC4)nc(N)nc3c2c1. The number of anilines is 2. The molecule has 1 aliphatic heterocycles. The average molecular weight is 444 g/mol. The molecule has 2 N–H and O–H groups in total. The van der Waals surface area contributed by atoms with E-state index in [4.69, 9.17) is 24.4 Å². The van der Waals surface area contributed by atoms with E-state index in [1.165, 1.54) is 0 Å². The molecule has 2 aromatic heterocycles. The molecule has 0 spiro atoms. The number of amides is 1. The third-order valence-electron chi connectivity index (χ3n) is 5.07. The minimum Gasteiger partial charge on any atom is -0.491 e. The van der Waals surface area contributed by atoms with Gasteiger partial charge in [-0.1, -0.05) is 0 Å². The van der Waals surface area contributed by atoms with Crippen LogP contribution in [-0.4, -0.2) is 73.1 Å². The van der Waals surface area contributed by atoms with Crippen LogP contribution in [0.4, 0.5) is 16.6 Å². The van der Waals surface area contributed by atoms with Gasteiger partial charge in [-0.2, -0.15) is 4.98 Å². The number of benzene rings is 1. The van der Waals surface area contributed by atoms with Crippen LogP contribution in [-0.2, 0) is 9.47 Å². The largest absolute Gasteiger partial charge is 0.491 e. The Kier molecular flexibility index (Phi) is 5.96. The summed E-state index contributed by atoms with van der Waals surface area (Å²) < 4.78 is 22.3. The molecular formula is C22H29N5O5. The zero-order valence-electron chi connectivity index (χ0n) is 18.9. The van der Waals surface area contributed by atoms with Gasteiger partial charge in [0.25, 0.3) is 0 Å². The Bertz CT molecular complexity index is 1120. The zero-order chi connectivity index (χ0) is 22.9. The summed E-state index contributed by atoms with van der Waals surface area (Å²) in [4.78, 5) is 25.0. The number of ether oxygens (including phenoxy) is 3. The molecular weight excluding hydrogens is 414 g/mol. The van der Waals surface area contributed by atoms with Gasteiger partial charge in [0.2, 0.25) is 5.95 Å². The molecule has 32 heavy (non-hydrogen) atoms. The molecule has 1 fully saturated rings. The van der Waals surface area contributed by atoms with Crippen LogP contribution in [0, 0.1) is 0 Å². The zero-order valence-corrected chi connectivity index (χ0v) is 18.9. The number of methoxy groups -OCH3 is 1. The van der Waals surface area contributed by atoms with E-state index in [0.717, 1.165) is 5.39 Å². The van der Waals surface area contributed by atoms with Crippen LogP contribution in [0.3, 0.4) is 0 Å². The summed E-state index contributed by atoms with van der Waals surface area (Å²) in [7, 11) is 1.63. The number of nitrogens with zero attached hydrogens (tertiary/aromatic N) is 4. The molecule has 3 heterocycles. The lowest BCUT2D eigenvalue weighted by atomic mass is 10.2. The third kappa shape index (κ3) is 4.64. The standard InChI is InChI=1S/C22H29N5O5/c1-22(2,3)32-21(28)27-9-7-26(8-10-27)19-18-17(24-20(23)25-19)15-13-14(30-12-11-29-4)5-6-16(15)31-18/h5-6,13H,7-12H2,1-4H3,(H2,23,24,25). The lowest BCUT2D eigenvalue weighted by Gasteiger charge is -2.36. The average Bonchev–Trinajstić information content (AvgIpc) is 3.10. The van der Waals surface area contributed by atoms with Crippen LogP contribution in [0.2, 0.25) is 0 Å². The maximum Gasteiger partial charge on any atom is 0.410 e. The molecule has 1 amide bonds. The van der Waals surface area contributed by atoms with Crippen molar-refractivity contribution >= 4 is 39.9 Å². The molecule has 0 aliphatic carbocycles. The van der Waals surface area contributed by atoms with Crippen molar-refractivity contribution < 1.29 is 23.4 Å². The number of hydrogen-bond acceptors (Lipinski definition) is 9. The van der Waals surface area contributed by atoms with E-state index in [1.807, 2.05) is 39.0 Å². The van der Waals surface area contributed by atoms with Crippen molar-refractivity contribution in [3.05, 3.63) is 18.2 Å². The second-order valence-corrected chi connectivity index (χ2v) is 8.64. The van der Waals surface area contributed by atoms with Gasteiger partial charge in [0, 0.05) is 33.3 Å². The molecule has 0 unspecified atom stereocenters. The first-order valence-electron chi connectivity index (χ1n) is 10.6. The lowest BCUT2D eigenvalue weighted by molar-refractivity contribution is 0.0240. The van der Waals surface area contributed by atoms with Crippen LogP contribution < -0.4 is 15.4 Å². The predicted octanol–water partition coefficient (Wildman–Crippen LogP) is 3.04. The number of hydrogen-bond donors (Lipinski definition) is 1. The Labute approximate surface area is 186 Å². The molecule has 0 atom stereocenters. The van der Waals surface area contributed by atoms with Crippen molar-refractivity contribution in [2.75, 3.05) is 57.1 Å². The second kappa shape index (κ2) is 8.70. The third-order valence-corrected chi connectivity index (χ3v) is 5.07. The molecule has 1 saturated heterocycles. The fraction of sp³-hybridized carbons (Fsp3) is 0.500. The minimum absolute atomic E-state index is 0.162. The minimum atomic E-state index is -0.526. The van der Waals surface area contributed by atoms with E-state index in [9.17, 15) is 4.79 Å². The van der Waals surface area contributed by atoms with E-state index in [-0.39, 0.29) is 12.0 Å². The maximum absolute atomic E-state index is 12.4. The monoisotopic (exact) mass is 443 g/mol. The quantitative estimate of drug-likeness (QED) is 0.594. The smallest absolute Gasteiger partial charge is 0.410 e. The van der Waals surface area contributed by atoms with E-state index < -0.39 is 5.60 Å². The van der Waals surface area contributed by atoms with E-state index in [2.05, 4.69) is 14.9 Å². The summed E-state index contributed by atoms with van der Waals surface area (Å²) in [6.07, 6.45) is -0.311. The first kappa shape index (κ1) is 21.9. The highest BCUT2D eigenvalue weighted by Crippen LogP contribution is 2.35. The molecule has 10 nitrogen and oxygen atoms in total. The van der Waals surface area contributed by atoms with Gasteiger partial charge in [-0.3, -0.25) is 0 Å². The number of furan rings is 1. The number of aromatic nitrogens is 2.